The second-order valence-electron chi connectivity index (χ2n) is 8.08. The van der Waals surface area contributed by atoms with Gasteiger partial charge in [0.1, 0.15) is 22.6 Å². The van der Waals surface area contributed by atoms with Crippen LogP contribution in [0.4, 0.5) is 10.1 Å². The first-order valence-corrected chi connectivity index (χ1v) is 12.2. The molecule has 1 saturated heterocycles. The summed E-state index contributed by atoms with van der Waals surface area (Å²) in [5, 5.41) is 2.57. The number of carbonyl (C=O) groups excluding carboxylic acids is 2. The molecule has 9 heteroatoms. The molecule has 1 heterocycles. The van der Waals surface area contributed by atoms with Gasteiger partial charge in [0.25, 0.3) is 0 Å². The number of hydrogen-bond donors (Lipinski definition) is 1. The summed E-state index contributed by atoms with van der Waals surface area (Å²) in [4.78, 5) is 32.5. The molecule has 0 bridgehead atoms. The number of amides is 2. The third-order valence-corrected chi connectivity index (χ3v) is 6.83. The number of anilines is 1. The van der Waals surface area contributed by atoms with Gasteiger partial charge in [-0.15, -0.1) is 0 Å². The Kier molecular flexibility index (Phi) is 8.22. The number of amidine groups is 1. The summed E-state index contributed by atoms with van der Waals surface area (Å²) in [7, 11) is 3.20. The molecule has 0 radical (unpaired) electrons. The predicted octanol–water partition coefficient (Wildman–Crippen LogP) is 4.87. The Labute approximate surface area is 213 Å². The average Bonchev–Trinajstić information content (AvgIpc) is 2.90. The Morgan fingerprint density at radius 3 is 2.14 bits per heavy atom. The zero-order valence-electron chi connectivity index (χ0n) is 19.9. The number of ether oxygens (including phenoxy) is 2. The molecule has 1 aliphatic heterocycles. The van der Waals surface area contributed by atoms with Crippen LogP contribution in [-0.4, -0.2) is 41.4 Å². The van der Waals surface area contributed by atoms with E-state index in [1.165, 1.54) is 36.0 Å². The topological polar surface area (TPSA) is 80.2 Å². The lowest BCUT2D eigenvalue weighted by Gasteiger charge is -2.32. The number of carbonyl (C=O) groups is 2. The van der Waals surface area contributed by atoms with Crippen molar-refractivity contribution in [2.75, 3.05) is 19.5 Å². The largest absolute Gasteiger partial charge is 0.497 e. The Hall–Kier alpha value is -3.85. The lowest BCUT2D eigenvalue weighted by molar-refractivity contribution is -0.129. The molecule has 0 spiro atoms. The molecule has 1 fully saturated rings. The zero-order valence-corrected chi connectivity index (χ0v) is 20.8. The third-order valence-electron chi connectivity index (χ3n) is 5.60. The van der Waals surface area contributed by atoms with Crippen LogP contribution in [0.15, 0.2) is 77.8 Å². The summed E-state index contributed by atoms with van der Waals surface area (Å²) < 4.78 is 23.6. The van der Waals surface area contributed by atoms with Gasteiger partial charge in [-0.3, -0.25) is 19.5 Å². The van der Waals surface area contributed by atoms with Crippen molar-refractivity contribution in [1.82, 2.24) is 4.90 Å². The van der Waals surface area contributed by atoms with Crippen LogP contribution in [0.25, 0.3) is 0 Å². The Balaban J connectivity index is 1.54. The van der Waals surface area contributed by atoms with Crippen molar-refractivity contribution < 1.29 is 23.5 Å². The van der Waals surface area contributed by atoms with E-state index in [9.17, 15) is 14.0 Å². The number of nitrogens with zero attached hydrogens (tertiary/aromatic N) is 2. The Morgan fingerprint density at radius 2 is 1.56 bits per heavy atom. The van der Waals surface area contributed by atoms with Crippen molar-refractivity contribution in [2.24, 2.45) is 4.99 Å². The lowest BCUT2D eigenvalue weighted by atomic mass is 10.2. The van der Waals surface area contributed by atoms with Gasteiger partial charge in [0.2, 0.25) is 11.8 Å². The van der Waals surface area contributed by atoms with Gasteiger partial charge in [-0.1, -0.05) is 36.0 Å². The van der Waals surface area contributed by atoms with Crippen molar-refractivity contribution in [3.8, 4) is 11.5 Å². The molecule has 0 unspecified atom stereocenters. The molecule has 0 saturated carbocycles. The highest BCUT2D eigenvalue weighted by molar-refractivity contribution is 8.15. The summed E-state index contributed by atoms with van der Waals surface area (Å²) in [5.74, 6) is 0.548. The van der Waals surface area contributed by atoms with Crippen LogP contribution >= 0.6 is 11.8 Å². The molecular weight excluding hydrogens is 481 g/mol. The zero-order chi connectivity index (χ0) is 25.5. The monoisotopic (exact) mass is 507 g/mol. The van der Waals surface area contributed by atoms with Crippen molar-refractivity contribution in [3.05, 3.63) is 89.7 Å². The average molecular weight is 508 g/mol. The molecule has 1 N–H and O–H groups in total. The van der Waals surface area contributed by atoms with Crippen molar-refractivity contribution >= 4 is 34.4 Å². The fourth-order valence-corrected chi connectivity index (χ4v) is 4.67. The van der Waals surface area contributed by atoms with Crippen LogP contribution in [-0.2, 0) is 22.7 Å². The minimum atomic E-state index is -0.663. The highest BCUT2D eigenvalue weighted by atomic mass is 32.2. The normalized spacial score (nSPS) is 16.6. The van der Waals surface area contributed by atoms with E-state index in [1.807, 2.05) is 48.5 Å². The first-order chi connectivity index (χ1) is 17.4. The molecule has 186 valence electrons. The molecule has 7 nitrogen and oxygen atoms in total. The van der Waals surface area contributed by atoms with Gasteiger partial charge in [-0.25, -0.2) is 4.39 Å². The van der Waals surface area contributed by atoms with E-state index in [0.29, 0.717) is 23.9 Å². The fraction of sp³-hybridized carbons (Fsp3) is 0.222. The number of thioether (sulfide) groups is 1. The maximum atomic E-state index is 13.2. The second-order valence-corrected chi connectivity index (χ2v) is 9.25. The van der Waals surface area contributed by atoms with E-state index in [1.54, 1.807) is 19.1 Å². The number of hydrogen-bond acceptors (Lipinski definition) is 6. The van der Waals surface area contributed by atoms with Crippen LogP contribution < -0.4 is 14.8 Å². The van der Waals surface area contributed by atoms with Crippen LogP contribution in [0.5, 0.6) is 11.5 Å². The van der Waals surface area contributed by atoms with Crippen molar-refractivity contribution in [1.29, 1.82) is 0 Å². The third kappa shape index (κ3) is 6.42. The maximum Gasteiger partial charge on any atom is 0.238 e. The van der Waals surface area contributed by atoms with Crippen molar-refractivity contribution in [3.63, 3.8) is 0 Å². The number of benzene rings is 3. The van der Waals surface area contributed by atoms with Crippen LogP contribution in [0.3, 0.4) is 0 Å². The highest BCUT2D eigenvalue weighted by Crippen LogP contribution is 2.30. The van der Waals surface area contributed by atoms with E-state index in [4.69, 9.17) is 14.5 Å². The summed E-state index contributed by atoms with van der Waals surface area (Å²) >= 11 is 1.25. The molecule has 1 aliphatic rings. The minimum absolute atomic E-state index is 0.0232. The summed E-state index contributed by atoms with van der Waals surface area (Å²) in [5.41, 5.74) is 2.32. The van der Waals surface area contributed by atoms with Gasteiger partial charge < -0.3 is 14.8 Å². The summed E-state index contributed by atoms with van der Waals surface area (Å²) in [6.45, 7) is 0.661. The minimum Gasteiger partial charge on any atom is -0.497 e. The van der Waals surface area contributed by atoms with Crippen molar-refractivity contribution in [2.45, 2.75) is 24.8 Å². The number of aliphatic imine (C=N–C) groups is 1. The first-order valence-electron chi connectivity index (χ1n) is 11.3. The lowest BCUT2D eigenvalue weighted by Crippen LogP contribution is -2.45. The predicted molar refractivity (Wildman–Crippen MR) is 139 cm³/mol. The number of methoxy groups -OCH3 is 2. The van der Waals surface area contributed by atoms with Gasteiger partial charge >= 0.3 is 0 Å². The van der Waals surface area contributed by atoms with Crippen LogP contribution in [0.1, 0.15) is 17.5 Å². The molecular formula is C27H26FN3O4S. The molecule has 36 heavy (non-hydrogen) atoms. The van der Waals surface area contributed by atoms with Crippen LogP contribution in [0.2, 0.25) is 0 Å². The molecule has 4 rings (SSSR count). The van der Waals surface area contributed by atoms with E-state index >= 15 is 0 Å². The quantitative estimate of drug-likeness (QED) is 0.471. The van der Waals surface area contributed by atoms with Gasteiger partial charge in [0, 0.05) is 12.1 Å². The second kappa shape index (κ2) is 11.7. The standard InChI is InChI=1S/C27H26FN3O4S/c1-34-22-11-3-18(4-12-22)16-29-27-31(17-19-5-13-23(35-2)14-6-19)25(32)15-24(36-27)26(33)30-21-9-7-20(28)8-10-21/h3-14,24H,15-17H2,1-2H3,(H,30,33)/t24-/m1/s1. The Bertz CT molecular complexity index is 1230. The van der Waals surface area contributed by atoms with E-state index in [0.717, 1.165) is 22.6 Å². The summed E-state index contributed by atoms with van der Waals surface area (Å²) in [6.07, 6.45) is 0.0232. The van der Waals surface area contributed by atoms with Gasteiger partial charge in [0.05, 0.1) is 27.3 Å². The van der Waals surface area contributed by atoms with E-state index in [-0.39, 0.29) is 18.2 Å². The van der Waals surface area contributed by atoms with Gasteiger partial charge in [-0.05, 0) is 59.7 Å². The maximum absolute atomic E-state index is 13.2. The fourth-order valence-electron chi connectivity index (χ4n) is 3.59. The van der Waals surface area contributed by atoms with E-state index < -0.39 is 11.1 Å². The van der Waals surface area contributed by atoms with Crippen LogP contribution in [0, 0.1) is 5.82 Å². The van der Waals surface area contributed by atoms with Gasteiger partial charge in [0.15, 0.2) is 5.17 Å². The molecule has 3 aromatic rings. The molecule has 1 atom stereocenters. The highest BCUT2D eigenvalue weighted by Gasteiger charge is 2.35. The SMILES string of the molecule is COc1ccc(CN=C2S[C@@H](C(=O)Nc3ccc(F)cc3)CC(=O)N2Cc2ccc(OC)cc2)cc1. The molecule has 0 aliphatic carbocycles. The molecule has 2 amide bonds. The smallest absolute Gasteiger partial charge is 0.238 e. The Morgan fingerprint density at radius 1 is 0.972 bits per heavy atom. The summed E-state index contributed by atoms with van der Waals surface area (Å²) in [6, 6.07) is 20.5. The molecule has 0 aromatic heterocycles. The number of rotatable bonds is 8. The molecule has 3 aromatic carbocycles. The van der Waals surface area contributed by atoms with Gasteiger partial charge in [-0.2, -0.15) is 0 Å². The first kappa shape index (κ1) is 25.2. The van der Waals surface area contributed by atoms with E-state index in [2.05, 4.69) is 5.32 Å². The number of nitrogens with one attached hydrogen (secondary N) is 1. The number of halogens is 1.